The number of benzene rings is 2. The Bertz CT molecular complexity index is 1010. The number of aliphatic carboxylic acids is 1. The second-order valence-electron chi connectivity index (χ2n) is 8.79. The lowest BCUT2D eigenvalue weighted by molar-refractivity contribution is -0.142. The molecule has 34 heavy (non-hydrogen) atoms. The maximum absolute atomic E-state index is 12.9. The van der Waals surface area contributed by atoms with Crippen LogP contribution in [0.25, 0.3) is 11.1 Å². The van der Waals surface area contributed by atoms with Crippen molar-refractivity contribution in [3.8, 4) is 11.1 Å². The van der Waals surface area contributed by atoms with E-state index in [4.69, 9.17) is 4.74 Å². The molecule has 2 amide bonds. The Kier molecular flexibility index (Phi) is 7.77. The van der Waals surface area contributed by atoms with Gasteiger partial charge in [0.05, 0.1) is 5.92 Å². The van der Waals surface area contributed by atoms with Gasteiger partial charge in [-0.3, -0.25) is 9.59 Å². The molecule has 0 spiro atoms. The minimum atomic E-state index is -0.895. The molecule has 0 aliphatic heterocycles. The highest BCUT2D eigenvalue weighted by molar-refractivity contribution is 7.98. The Hall–Kier alpha value is -3.00. The monoisotopic (exact) mass is 482 g/mol. The van der Waals surface area contributed by atoms with Gasteiger partial charge in [0.15, 0.2) is 0 Å². The molecular weight excluding hydrogens is 452 g/mol. The maximum Gasteiger partial charge on any atom is 0.407 e. The number of nitrogens with one attached hydrogen (secondary N) is 2. The second kappa shape index (κ2) is 11.0. The molecule has 0 radical (unpaired) electrons. The number of amides is 2. The summed E-state index contributed by atoms with van der Waals surface area (Å²) in [5.74, 6) is -1.23. The van der Waals surface area contributed by atoms with E-state index in [0.29, 0.717) is 25.0 Å². The quantitative estimate of drug-likeness (QED) is 0.499. The summed E-state index contributed by atoms with van der Waals surface area (Å²) in [6, 6.07) is 15.0. The first-order chi connectivity index (χ1) is 16.5. The van der Waals surface area contributed by atoms with E-state index in [1.54, 1.807) is 11.8 Å². The van der Waals surface area contributed by atoms with Crippen LogP contribution in [-0.2, 0) is 14.3 Å². The third-order valence-electron chi connectivity index (χ3n) is 6.72. The number of hydrogen-bond donors (Lipinski definition) is 3. The number of rotatable bonds is 9. The van der Waals surface area contributed by atoms with Crippen molar-refractivity contribution in [2.24, 2.45) is 5.92 Å². The molecule has 2 aromatic rings. The lowest BCUT2D eigenvalue weighted by atomic mass is 9.98. The molecular formula is C26H30N2O5S. The van der Waals surface area contributed by atoms with Gasteiger partial charge in [-0.1, -0.05) is 55.0 Å². The van der Waals surface area contributed by atoms with E-state index < -0.39 is 30.1 Å². The van der Waals surface area contributed by atoms with Gasteiger partial charge in [-0.2, -0.15) is 11.8 Å². The molecule has 0 unspecified atom stereocenters. The lowest BCUT2D eigenvalue weighted by Gasteiger charge is -2.23. The van der Waals surface area contributed by atoms with Crippen molar-refractivity contribution in [3.05, 3.63) is 59.7 Å². The van der Waals surface area contributed by atoms with Crippen molar-refractivity contribution in [2.75, 3.05) is 18.6 Å². The van der Waals surface area contributed by atoms with Crippen LogP contribution in [0.1, 0.15) is 42.7 Å². The molecule has 0 bridgehead atoms. The first-order valence-electron chi connectivity index (χ1n) is 11.6. The van der Waals surface area contributed by atoms with E-state index in [-0.39, 0.29) is 18.4 Å². The minimum absolute atomic E-state index is 0.0635. The number of hydrogen-bond acceptors (Lipinski definition) is 5. The normalized spacial score (nSPS) is 19.7. The van der Waals surface area contributed by atoms with Crippen LogP contribution in [-0.4, -0.2) is 53.8 Å². The molecule has 7 nitrogen and oxygen atoms in total. The van der Waals surface area contributed by atoms with E-state index in [9.17, 15) is 19.5 Å². The van der Waals surface area contributed by atoms with Crippen molar-refractivity contribution in [3.63, 3.8) is 0 Å². The fourth-order valence-corrected chi connectivity index (χ4v) is 5.47. The number of alkyl carbamates (subject to hydrolysis) is 1. The van der Waals surface area contributed by atoms with E-state index >= 15 is 0 Å². The third-order valence-corrected chi connectivity index (χ3v) is 7.37. The smallest absolute Gasteiger partial charge is 0.407 e. The summed E-state index contributed by atoms with van der Waals surface area (Å²) in [7, 11) is 0. The summed E-state index contributed by atoms with van der Waals surface area (Å²) in [6.07, 6.45) is 3.65. The van der Waals surface area contributed by atoms with Gasteiger partial charge >= 0.3 is 12.1 Å². The molecule has 3 N–H and O–H groups in total. The summed E-state index contributed by atoms with van der Waals surface area (Å²) in [6.45, 7) is 0.167. The van der Waals surface area contributed by atoms with Crippen molar-refractivity contribution >= 4 is 29.7 Å². The van der Waals surface area contributed by atoms with Gasteiger partial charge in [0.2, 0.25) is 5.91 Å². The zero-order valence-corrected chi connectivity index (χ0v) is 20.0. The molecule has 2 aliphatic rings. The predicted octanol–water partition coefficient (Wildman–Crippen LogP) is 4.02. The number of carboxylic acid groups (broad SMARTS) is 1. The summed E-state index contributed by atoms with van der Waals surface area (Å²) in [5.41, 5.74) is 4.53. The summed E-state index contributed by atoms with van der Waals surface area (Å²) in [4.78, 5) is 37.1. The van der Waals surface area contributed by atoms with Crippen molar-refractivity contribution in [1.82, 2.24) is 10.6 Å². The van der Waals surface area contributed by atoms with E-state index in [1.165, 1.54) is 0 Å². The largest absolute Gasteiger partial charge is 0.481 e. The first kappa shape index (κ1) is 24.1. The van der Waals surface area contributed by atoms with Crippen molar-refractivity contribution < 1.29 is 24.2 Å². The van der Waals surface area contributed by atoms with E-state index in [2.05, 4.69) is 34.9 Å². The Morgan fingerprint density at radius 3 is 2.32 bits per heavy atom. The van der Waals surface area contributed by atoms with Gasteiger partial charge in [0.25, 0.3) is 0 Å². The van der Waals surface area contributed by atoms with Crippen LogP contribution in [0.3, 0.4) is 0 Å². The molecule has 8 heteroatoms. The van der Waals surface area contributed by atoms with Gasteiger partial charge < -0.3 is 20.5 Å². The average molecular weight is 483 g/mol. The van der Waals surface area contributed by atoms with E-state index in [0.717, 1.165) is 28.7 Å². The van der Waals surface area contributed by atoms with Crippen LogP contribution < -0.4 is 10.6 Å². The Labute approximate surface area is 203 Å². The number of carbonyl (C=O) groups is 3. The van der Waals surface area contributed by atoms with Crippen LogP contribution in [0.5, 0.6) is 0 Å². The van der Waals surface area contributed by atoms with Crippen molar-refractivity contribution in [1.29, 1.82) is 0 Å². The highest BCUT2D eigenvalue weighted by atomic mass is 32.2. The van der Waals surface area contributed by atoms with Gasteiger partial charge in [-0.05, 0) is 53.5 Å². The Balaban J connectivity index is 1.39. The van der Waals surface area contributed by atoms with Gasteiger partial charge in [0.1, 0.15) is 12.6 Å². The Morgan fingerprint density at radius 2 is 1.71 bits per heavy atom. The van der Waals surface area contributed by atoms with Crippen LogP contribution in [0.2, 0.25) is 0 Å². The standard InChI is InChI=1S/C26H30N2O5S/c1-34-14-13-23(24(29)27-22-12-6-11-20(22)25(30)31)28-26(32)33-15-21-18-9-4-2-7-16(18)17-8-3-5-10-19(17)21/h2-5,7-10,20-23H,6,11-15H2,1H3,(H,27,29)(H,28,32)(H,30,31)/t20-,22+,23+/m0/s1. The highest BCUT2D eigenvalue weighted by Gasteiger charge is 2.35. The molecule has 2 aromatic carbocycles. The van der Waals surface area contributed by atoms with Crippen LogP contribution >= 0.6 is 11.8 Å². The fourth-order valence-electron chi connectivity index (χ4n) is 5.00. The summed E-state index contributed by atoms with van der Waals surface area (Å²) < 4.78 is 5.60. The van der Waals surface area contributed by atoms with Gasteiger partial charge in [-0.15, -0.1) is 0 Å². The summed E-state index contributed by atoms with van der Waals surface area (Å²) >= 11 is 1.57. The topological polar surface area (TPSA) is 105 Å². The van der Waals surface area contributed by atoms with Crippen LogP contribution in [0, 0.1) is 5.92 Å². The molecule has 4 rings (SSSR count). The van der Waals surface area contributed by atoms with Crippen molar-refractivity contribution in [2.45, 2.75) is 43.7 Å². The number of fused-ring (bicyclic) bond motifs is 3. The van der Waals surface area contributed by atoms with Crippen LogP contribution in [0.15, 0.2) is 48.5 Å². The second-order valence-corrected chi connectivity index (χ2v) is 9.78. The fraction of sp³-hybridized carbons (Fsp3) is 0.423. The highest BCUT2D eigenvalue weighted by Crippen LogP contribution is 2.44. The van der Waals surface area contributed by atoms with E-state index in [1.807, 2.05) is 30.5 Å². The zero-order valence-electron chi connectivity index (χ0n) is 19.2. The average Bonchev–Trinajstić information content (AvgIpc) is 3.43. The summed E-state index contributed by atoms with van der Waals surface area (Å²) in [5, 5.41) is 14.9. The van der Waals surface area contributed by atoms with Gasteiger partial charge in [0, 0.05) is 12.0 Å². The molecule has 1 saturated carbocycles. The Morgan fingerprint density at radius 1 is 1.06 bits per heavy atom. The molecule has 3 atom stereocenters. The van der Waals surface area contributed by atoms with Gasteiger partial charge in [-0.25, -0.2) is 4.79 Å². The van der Waals surface area contributed by atoms with Crippen LogP contribution in [0.4, 0.5) is 4.79 Å². The molecule has 1 fully saturated rings. The molecule has 0 heterocycles. The number of carboxylic acids is 1. The predicted molar refractivity (Wildman–Crippen MR) is 132 cm³/mol. The maximum atomic E-state index is 12.9. The molecule has 180 valence electrons. The molecule has 2 aliphatic carbocycles. The minimum Gasteiger partial charge on any atom is -0.481 e. The zero-order chi connectivity index (χ0) is 24.1. The first-order valence-corrected chi connectivity index (χ1v) is 13.0. The SMILES string of the molecule is CSCC[C@@H](NC(=O)OCC1c2ccccc2-c2ccccc21)C(=O)N[C@@H]1CCC[C@@H]1C(=O)O. The number of thioether (sulfide) groups is 1. The number of carbonyl (C=O) groups excluding carboxylic acids is 2. The molecule has 0 aromatic heterocycles. The number of ether oxygens (including phenoxy) is 1. The third kappa shape index (κ3) is 5.22. The molecule has 0 saturated heterocycles. The lowest BCUT2D eigenvalue weighted by Crippen LogP contribution is -2.51.